The maximum atomic E-state index is 13.6. The van der Waals surface area contributed by atoms with Gasteiger partial charge in [0, 0.05) is 10.9 Å². The van der Waals surface area contributed by atoms with Gasteiger partial charge in [0.2, 0.25) is 11.7 Å². The van der Waals surface area contributed by atoms with E-state index < -0.39 is 17.2 Å². The second-order valence-electron chi connectivity index (χ2n) is 8.32. The van der Waals surface area contributed by atoms with E-state index in [0.29, 0.717) is 22.5 Å². The first kappa shape index (κ1) is 22.9. The number of nitriles is 1. The summed E-state index contributed by atoms with van der Waals surface area (Å²) in [6.07, 6.45) is 0. The van der Waals surface area contributed by atoms with Gasteiger partial charge in [0.05, 0.1) is 19.2 Å². The van der Waals surface area contributed by atoms with Crippen LogP contribution in [-0.4, -0.2) is 22.6 Å². The number of methoxy groups -OCH3 is 1. The van der Waals surface area contributed by atoms with Crippen molar-refractivity contribution in [3.05, 3.63) is 91.5 Å². The average Bonchev–Trinajstić information content (AvgIpc) is 3.16. The lowest BCUT2D eigenvalue weighted by molar-refractivity contribution is 0.101. The maximum Gasteiger partial charge on any atom is 0.271 e. The molecule has 0 spiro atoms. The van der Waals surface area contributed by atoms with Crippen LogP contribution < -0.4 is 10.3 Å². The molecule has 4 rings (SSSR count). The number of rotatable bonds is 5. The van der Waals surface area contributed by atoms with Gasteiger partial charge in [-0.05, 0) is 62.1 Å². The molecule has 0 saturated heterocycles. The van der Waals surface area contributed by atoms with Gasteiger partial charge in [-0.1, -0.05) is 24.3 Å². The standard InChI is InChI=1S/C27H24N2O5/c1-14-6-11-20-17(4)25(34-24(20)15(14)2)23(30)22-16(3)21(12-28)26(31)29(27(22)32)13-18-7-9-19(33-5)10-8-18/h6-11,32H,13H2,1-5H3. The van der Waals surface area contributed by atoms with Crippen LogP contribution >= 0.6 is 0 Å². The molecule has 0 amide bonds. The molecule has 34 heavy (non-hydrogen) atoms. The normalized spacial score (nSPS) is 10.9. The average molecular weight is 456 g/mol. The summed E-state index contributed by atoms with van der Waals surface area (Å²) in [4.78, 5) is 26.6. The first-order valence-electron chi connectivity index (χ1n) is 10.7. The predicted octanol–water partition coefficient (Wildman–Crippen LogP) is 4.69. The van der Waals surface area contributed by atoms with Gasteiger partial charge >= 0.3 is 0 Å². The van der Waals surface area contributed by atoms with Crippen molar-refractivity contribution < 1.29 is 19.1 Å². The molecule has 172 valence electrons. The number of aromatic nitrogens is 1. The van der Waals surface area contributed by atoms with Crippen molar-refractivity contribution in [1.82, 2.24) is 4.57 Å². The highest BCUT2D eigenvalue weighted by molar-refractivity contribution is 6.13. The molecule has 0 aliphatic rings. The highest BCUT2D eigenvalue weighted by atomic mass is 16.5. The van der Waals surface area contributed by atoms with Crippen molar-refractivity contribution in [1.29, 1.82) is 5.26 Å². The van der Waals surface area contributed by atoms with Gasteiger partial charge in [0.25, 0.3) is 5.56 Å². The highest BCUT2D eigenvalue weighted by Crippen LogP contribution is 2.33. The van der Waals surface area contributed by atoms with Crippen molar-refractivity contribution >= 4 is 16.8 Å². The Labute approximate surface area is 196 Å². The molecule has 2 aromatic heterocycles. The van der Waals surface area contributed by atoms with Crippen molar-refractivity contribution in [3.63, 3.8) is 0 Å². The molecular weight excluding hydrogens is 432 g/mol. The number of aromatic hydroxyl groups is 1. The number of ketones is 1. The van der Waals surface area contributed by atoms with Crippen LogP contribution in [0.4, 0.5) is 0 Å². The van der Waals surface area contributed by atoms with E-state index in [2.05, 4.69) is 0 Å². The minimum Gasteiger partial charge on any atom is -0.497 e. The highest BCUT2D eigenvalue weighted by Gasteiger charge is 2.29. The fourth-order valence-electron chi connectivity index (χ4n) is 4.13. The molecule has 0 fully saturated rings. The molecule has 1 N–H and O–H groups in total. The molecule has 0 atom stereocenters. The molecule has 0 saturated carbocycles. The maximum absolute atomic E-state index is 13.6. The summed E-state index contributed by atoms with van der Waals surface area (Å²) in [5.74, 6) is -0.375. The van der Waals surface area contributed by atoms with Crippen LogP contribution in [0, 0.1) is 39.0 Å². The first-order valence-corrected chi connectivity index (χ1v) is 10.7. The topological polar surface area (TPSA) is 105 Å². The van der Waals surface area contributed by atoms with Crippen LogP contribution in [0.15, 0.2) is 45.6 Å². The smallest absolute Gasteiger partial charge is 0.271 e. The quantitative estimate of drug-likeness (QED) is 0.437. The molecule has 4 aromatic rings. The van der Waals surface area contributed by atoms with Gasteiger partial charge in [-0.25, -0.2) is 0 Å². The summed E-state index contributed by atoms with van der Waals surface area (Å²) in [5.41, 5.74) is 3.00. The number of carbonyl (C=O) groups excluding carboxylic acids is 1. The van der Waals surface area contributed by atoms with E-state index in [4.69, 9.17) is 9.15 Å². The van der Waals surface area contributed by atoms with Crippen LogP contribution in [0.25, 0.3) is 11.0 Å². The molecular formula is C27H24N2O5. The number of carbonyl (C=O) groups is 1. The minimum absolute atomic E-state index is 0.0265. The Balaban J connectivity index is 1.90. The molecule has 2 heterocycles. The number of pyridine rings is 1. The Hall–Kier alpha value is -4.31. The fourth-order valence-corrected chi connectivity index (χ4v) is 4.13. The fraction of sp³-hybridized carbons (Fsp3) is 0.222. The summed E-state index contributed by atoms with van der Waals surface area (Å²) in [6.45, 7) is 7.11. The largest absolute Gasteiger partial charge is 0.497 e. The van der Waals surface area contributed by atoms with Crippen LogP contribution in [0.1, 0.15) is 49.5 Å². The third-order valence-corrected chi connectivity index (χ3v) is 6.36. The molecule has 7 heteroatoms. The van der Waals surface area contributed by atoms with Crippen molar-refractivity contribution in [2.75, 3.05) is 7.11 Å². The lowest BCUT2D eigenvalue weighted by atomic mass is 9.98. The van der Waals surface area contributed by atoms with Crippen LogP contribution in [0.5, 0.6) is 11.6 Å². The van der Waals surface area contributed by atoms with E-state index in [1.165, 1.54) is 6.92 Å². The molecule has 0 bridgehead atoms. The molecule has 7 nitrogen and oxygen atoms in total. The van der Waals surface area contributed by atoms with E-state index >= 15 is 0 Å². The molecule has 0 aliphatic carbocycles. The van der Waals surface area contributed by atoms with Gasteiger partial charge in [-0.3, -0.25) is 14.2 Å². The lowest BCUT2D eigenvalue weighted by Gasteiger charge is -2.15. The second-order valence-corrected chi connectivity index (χ2v) is 8.32. The van der Waals surface area contributed by atoms with Crippen molar-refractivity contribution in [3.8, 4) is 17.7 Å². The monoisotopic (exact) mass is 456 g/mol. The number of ether oxygens (including phenoxy) is 1. The zero-order valence-electron chi connectivity index (χ0n) is 19.6. The van der Waals surface area contributed by atoms with Gasteiger partial charge < -0.3 is 14.3 Å². The third-order valence-electron chi connectivity index (χ3n) is 6.36. The Bertz CT molecular complexity index is 1550. The molecule has 0 radical (unpaired) electrons. The van der Waals surface area contributed by atoms with E-state index in [0.717, 1.165) is 21.1 Å². The number of hydrogen-bond acceptors (Lipinski definition) is 6. The van der Waals surface area contributed by atoms with Gasteiger partial charge in [0.15, 0.2) is 5.76 Å². The number of hydrogen-bond donors (Lipinski definition) is 1. The second kappa shape index (κ2) is 8.56. The summed E-state index contributed by atoms with van der Waals surface area (Å²) in [7, 11) is 1.55. The zero-order valence-corrected chi connectivity index (χ0v) is 19.6. The molecule has 0 unspecified atom stereocenters. The number of nitrogens with zero attached hydrogens (tertiary/aromatic N) is 2. The summed E-state index contributed by atoms with van der Waals surface area (Å²) >= 11 is 0. The first-order chi connectivity index (χ1) is 16.2. The summed E-state index contributed by atoms with van der Waals surface area (Å²) in [6, 6.07) is 12.7. The van der Waals surface area contributed by atoms with E-state index in [9.17, 15) is 20.0 Å². The molecule has 2 aromatic carbocycles. The number of aryl methyl sites for hydroxylation is 3. The van der Waals surface area contributed by atoms with E-state index in [-0.39, 0.29) is 29.0 Å². The van der Waals surface area contributed by atoms with Crippen LogP contribution in [0.2, 0.25) is 0 Å². The summed E-state index contributed by atoms with van der Waals surface area (Å²) in [5, 5.41) is 21.6. The number of fused-ring (bicyclic) bond motifs is 1. The van der Waals surface area contributed by atoms with Gasteiger partial charge in [0.1, 0.15) is 23.0 Å². The molecule has 0 aliphatic heterocycles. The zero-order chi connectivity index (χ0) is 24.7. The predicted molar refractivity (Wildman–Crippen MR) is 128 cm³/mol. The van der Waals surface area contributed by atoms with Crippen LogP contribution in [-0.2, 0) is 6.54 Å². The summed E-state index contributed by atoms with van der Waals surface area (Å²) < 4.78 is 12.2. The van der Waals surface area contributed by atoms with Gasteiger partial charge in [-0.2, -0.15) is 5.26 Å². The number of benzene rings is 2. The van der Waals surface area contributed by atoms with Gasteiger partial charge in [-0.15, -0.1) is 0 Å². The van der Waals surface area contributed by atoms with E-state index in [1.54, 1.807) is 38.3 Å². The Morgan fingerprint density at radius 3 is 2.35 bits per heavy atom. The van der Waals surface area contributed by atoms with Crippen LogP contribution in [0.3, 0.4) is 0 Å². The Morgan fingerprint density at radius 1 is 1.06 bits per heavy atom. The Morgan fingerprint density at radius 2 is 1.74 bits per heavy atom. The van der Waals surface area contributed by atoms with Crippen molar-refractivity contribution in [2.24, 2.45) is 0 Å². The number of furan rings is 1. The van der Waals surface area contributed by atoms with Crippen molar-refractivity contribution in [2.45, 2.75) is 34.2 Å². The minimum atomic E-state index is -0.669. The Kier molecular flexibility index (Phi) is 5.76. The lowest BCUT2D eigenvalue weighted by Crippen LogP contribution is -2.27. The van der Waals surface area contributed by atoms with E-state index in [1.807, 2.05) is 32.0 Å². The SMILES string of the molecule is COc1ccc(Cn2c(O)c(C(=O)c3oc4c(C)c(C)ccc4c3C)c(C)c(C#N)c2=O)cc1. The third kappa shape index (κ3) is 3.54.